The lowest BCUT2D eigenvalue weighted by molar-refractivity contribution is -0.139. The highest BCUT2D eigenvalue weighted by Crippen LogP contribution is 2.24. The predicted molar refractivity (Wildman–Crippen MR) is 80.0 cm³/mol. The van der Waals surface area contributed by atoms with Crippen molar-refractivity contribution in [2.24, 2.45) is 5.92 Å². The number of aliphatic carboxylic acids is 1. The van der Waals surface area contributed by atoms with Crippen LogP contribution in [0.2, 0.25) is 0 Å². The molecule has 0 spiro atoms. The molecule has 3 unspecified atom stereocenters. The zero-order chi connectivity index (χ0) is 15.2. The Morgan fingerprint density at radius 2 is 2.00 bits per heavy atom. The van der Waals surface area contributed by atoms with E-state index in [1.807, 2.05) is 30.3 Å². The first-order valence-electron chi connectivity index (χ1n) is 7.38. The Morgan fingerprint density at radius 3 is 2.57 bits per heavy atom. The van der Waals surface area contributed by atoms with Gasteiger partial charge in [0.05, 0.1) is 0 Å². The van der Waals surface area contributed by atoms with Crippen molar-refractivity contribution in [3.63, 3.8) is 0 Å². The van der Waals surface area contributed by atoms with E-state index in [-0.39, 0.29) is 12.5 Å². The van der Waals surface area contributed by atoms with E-state index in [1.165, 1.54) is 0 Å². The first-order valence-corrected chi connectivity index (χ1v) is 7.38. The molecule has 1 aromatic carbocycles. The molecule has 0 radical (unpaired) electrons. The topological polar surface area (TPSA) is 78.4 Å². The van der Waals surface area contributed by atoms with Gasteiger partial charge in [0, 0.05) is 12.5 Å². The normalized spacial score (nSPS) is 22.5. The summed E-state index contributed by atoms with van der Waals surface area (Å²) in [6, 6.07) is 8.15. The maximum atomic E-state index is 11.9. The molecule has 1 aromatic rings. The van der Waals surface area contributed by atoms with E-state index in [0.29, 0.717) is 5.92 Å². The van der Waals surface area contributed by atoms with E-state index >= 15 is 0 Å². The van der Waals surface area contributed by atoms with Gasteiger partial charge in [-0.15, -0.1) is 0 Å². The SMILES string of the molecule is CC1CCC(NC(=O)NC(Cc2ccccc2)C(=O)O)C1. The van der Waals surface area contributed by atoms with Crippen LogP contribution < -0.4 is 10.6 Å². The van der Waals surface area contributed by atoms with Gasteiger partial charge in [-0.1, -0.05) is 37.3 Å². The second kappa shape index (κ2) is 7.11. The first kappa shape index (κ1) is 15.4. The van der Waals surface area contributed by atoms with Crippen molar-refractivity contribution in [1.29, 1.82) is 0 Å². The van der Waals surface area contributed by atoms with Gasteiger partial charge in [-0.05, 0) is 30.7 Å². The van der Waals surface area contributed by atoms with Crippen LogP contribution >= 0.6 is 0 Å². The van der Waals surface area contributed by atoms with Crippen LogP contribution in [0.25, 0.3) is 0 Å². The molecule has 1 aliphatic rings. The van der Waals surface area contributed by atoms with Crippen LogP contribution in [-0.2, 0) is 11.2 Å². The number of hydrogen-bond acceptors (Lipinski definition) is 2. The molecule has 5 nitrogen and oxygen atoms in total. The molecule has 21 heavy (non-hydrogen) atoms. The number of hydrogen-bond donors (Lipinski definition) is 3. The largest absolute Gasteiger partial charge is 0.480 e. The lowest BCUT2D eigenvalue weighted by Gasteiger charge is -2.18. The Kier molecular flexibility index (Phi) is 5.20. The summed E-state index contributed by atoms with van der Waals surface area (Å²) in [7, 11) is 0. The monoisotopic (exact) mass is 290 g/mol. The molecule has 1 fully saturated rings. The molecule has 1 saturated carbocycles. The van der Waals surface area contributed by atoms with Crippen molar-refractivity contribution in [2.45, 2.75) is 44.7 Å². The Labute approximate surface area is 124 Å². The molecule has 2 amide bonds. The fourth-order valence-corrected chi connectivity index (χ4v) is 2.77. The quantitative estimate of drug-likeness (QED) is 0.777. The van der Waals surface area contributed by atoms with Crippen molar-refractivity contribution in [1.82, 2.24) is 10.6 Å². The third-order valence-corrected chi connectivity index (χ3v) is 3.92. The molecule has 0 bridgehead atoms. The van der Waals surface area contributed by atoms with Gasteiger partial charge in [-0.25, -0.2) is 9.59 Å². The molecule has 0 aromatic heterocycles. The Hall–Kier alpha value is -2.04. The number of carboxylic acids is 1. The second-order valence-corrected chi connectivity index (χ2v) is 5.81. The number of carbonyl (C=O) groups is 2. The molecule has 0 aliphatic heterocycles. The summed E-state index contributed by atoms with van der Waals surface area (Å²) in [5.74, 6) is -0.399. The number of carboxylic acid groups (broad SMARTS) is 1. The summed E-state index contributed by atoms with van der Waals surface area (Å²) in [5, 5.41) is 14.7. The summed E-state index contributed by atoms with van der Waals surface area (Å²) in [4.78, 5) is 23.2. The summed E-state index contributed by atoms with van der Waals surface area (Å²) < 4.78 is 0. The number of nitrogens with one attached hydrogen (secondary N) is 2. The van der Waals surface area contributed by atoms with Crippen molar-refractivity contribution in [2.75, 3.05) is 0 Å². The predicted octanol–water partition coefficient (Wildman–Crippen LogP) is 2.17. The highest BCUT2D eigenvalue weighted by molar-refractivity contribution is 5.82. The maximum Gasteiger partial charge on any atom is 0.326 e. The van der Waals surface area contributed by atoms with Crippen molar-refractivity contribution in [3.05, 3.63) is 35.9 Å². The van der Waals surface area contributed by atoms with Crippen molar-refractivity contribution in [3.8, 4) is 0 Å². The molecule has 5 heteroatoms. The van der Waals surface area contributed by atoms with Gasteiger partial charge in [-0.2, -0.15) is 0 Å². The van der Waals surface area contributed by atoms with Crippen molar-refractivity contribution >= 4 is 12.0 Å². The van der Waals surface area contributed by atoms with E-state index in [0.717, 1.165) is 24.8 Å². The lowest BCUT2D eigenvalue weighted by Crippen LogP contribution is -2.49. The van der Waals surface area contributed by atoms with E-state index in [2.05, 4.69) is 17.6 Å². The fraction of sp³-hybridized carbons (Fsp3) is 0.500. The number of rotatable bonds is 5. The number of carbonyl (C=O) groups excluding carboxylic acids is 1. The van der Waals surface area contributed by atoms with Crippen LogP contribution in [0.5, 0.6) is 0 Å². The zero-order valence-electron chi connectivity index (χ0n) is 12.2. The van der Waals surface area contributed by atoms with Crippen LogP contribution in [0.1, 0.15) is 31.7 Å². The Balaban J connectivity index is 1.87. The van der Waals surface area contributed by atoms with Crippen LogP contribution in [-0.4, -0.2) is 29.2 Å². The Morgan fingerprint density at radius 1 is 1.29 bits per heavy atom. The highest BCUT2D eigenvalue weighted by Gasteiger charge is 2.25. The van der Waals surface area contributed by atoms with E-state index in [9.17, 15) is 14.7 Å². The van der Waals surface area contributed by atoms with Gasteiger partial charge in [0.25, 0.3) is 0 Å². The van der Waals surface area contributed by atoms with Gasteiger partial charge in [0.1, 0.15) is 6.04 Å². The van der Waals surface area contributed by atoms with Crippen LogP contribution in [0.3, 0.4) is 0 Å². The van der Waals surface area contributed by atoms with Gasteiger partial charge in [-0.3, -0.25) is 0 Å². The van der Waals surface area contributed by atoms with Crippen molar-refractivity contribution < 1.29 is 14.7 Å². The van der Waals surface area contributed by atoms with E-state index < -0.39 is 18.0 Å². The van der Waals surface area contributed by atoms with Gasteiger partial charge >= 0.3 is 12.0 Å². The summed E-state index contributed by atoms with van der Waals surface area (Å²) >= 11 is 0. The third-order valence-electron chi connectivity index (χ3n) is 3.92. The molecular weight excluding hydrogens is 268 g/mol. The minimum absolute atomic E-state index is 0.158. The standard InChI is InChI=1S/C16H22N2O3/c1-11-7-8-13(9-11)17-16(21)18-14(15(19)20)10-12-5-3-2-4-6-12/h2-6,11,13-14H,7-10H2,1H3,(H,19,20)(H2,17,18,21). The van der Waals surface area contributed by atoms with Crippen LogP contribution in [0.15, 0.2) is 30.3 Å². The minimum atomic E-state index is -1.02. The van der Waals surface area contributed by atoms with E-state index in [1.54, 1.807) is 0 Å². The average Bonchev–Trinajstić information content (AvgIpc) is 2.84. The lowest BCUT2D eigenvalue weighted by atomic mass is 10.1. The molecular formula is C16H22N2O3. The highest BCUT2D eigenvalue weighted by atomic mass is 16.4. The average molecular weight is 290 g/mol. The first-order chi connectivity index (χ1) is 10.0. The summed E-state index contributed by atoms with van der Waals surface area (Å²) in [5.41, 5.74) is 0.889. The molecule has 1 aliphatic carbocycles. The summed E-state index contributed by atoms with van der Waals surface area (Å²) in [6.45, 7) is 2.16. The molecule has 3 atom stereocenters. The summed E-state index contributed by atoms with van der Waals surface area (Å²) in [6.07, 6.45) is 3.32. The smallest absolute Gasteiger partial charge is 0.326 e. The number of benzene rings is 1. The number of urea groups is 1. The van der Waals surface area contributed by atoms with Gasteiger partial charge in [0.2, 0.25) is 0 Å². The Bertz CT molecular complexity index is 490. The van der Waals surface area contributed by atoms with Gasteiger partial charge in [0.15, 0.2) is 0 Å². The van der Waals surface area contributed by atoms with Crippen LogP contribution in [0, 0.1) is 5.92 Å². The molecule has 3 N–H and O–H groups in total. The third kappa shape index (κ3) is 4.77. The maximum absolute atomic E-state index is 11.9. The molecule has 0 saturated heterocycles. The zero-order valence-corrected chi connectivity index (χ0v) is 12.2. The molecule has 0 heterocycles. The molecule has 114 valence electrons. The molecule has 2 rings (SSSR count). The van der Waals surface area contributed by atoms with Crippen LogP contribution in [0.4, 0.5) is 4.79 Å². The van der Waals surface area contributed by atoms with Gasteiger partial charge < -0.3 is 15.7 Å². The number of amides is 2. The minimum Gasteiger partial charge on any atom is -0.480 e. The second-order valence-electron chi connectivity index (χ2n) is 5.81. The fourth-order valence-electron chi connectivity index (χ4n) is 2.77. The van der Waals surface area contributed by atoms with E-state index in [4.69, 9.17) is 0 Å².